The molecule has 3 aromatic carbocycles. The molecule has 4 rings (SSSR count). The summed E-state index contributed by atoms with van der Waals surface area (Å²) in [6.07, 6.45) is 0. The number of nitrogens with zero attached hydrogens (tertiary/aromatic N) is 2. The third kappa shape index (κ3) is 3.91. The van der Waals surface area contributed by atoms with Crippen LogP contribution in [0.1, 0.15) is 15.9 Å². The van der Waals surface area contributed by atoms with Crippen LogP contribution in [0.3, 0.4) is 0 Å². The van der Waals surface area contributed by atoms with Crippen molar-refractivity contribution >= 4 is 32.5 Å². The third-order valence-corrected chi connectivity index (χ3v) is 7.37. The lowest BCUT2D eigenvalue weighted by molar-refractivity contribution is 0.102. The number of imidazole rings is 1. The van der Waals surface area contributed by atoms with Gasteiger partial charge in [-0.05, 0) is 55.5 Å². The van der Waals surface area contributed by atoms with Crippen LogP contribution in [0.15, 0.2) is 75.2 Å². The SMILES string of the molecule is COc1ccc(S(=O)(=O)c2cc3c(cc2NC(=O)c2cccc(C)c2)n(C)c(=O)n3C)cc1. The molecule has 1 aromatic heterocycles. The molecule has 0 saturated carbocycles. The number of ether oxygens (including phenoxy) is 1. The van der Waals surface area contributed by atoms with Crippen LogP contribution in [0.2, 0.25) is 0 Å². The summed E-state index contributed by atoms with van der Waals surface area (Å²) in [5.74, 6) is 0.0630. The van der Waals surface area contributed by atoms with Crippen LogP contribution in [0.5, 0.6) is 5.75 Å². The van der Waals surface area contributed by atoms with Gasteiger partial charge in [0.15, 0.2) is 0 Å². The van der Waals surface area contributed by atoms with Crippen molar-refractivity contribution < 1.29 is 17.9 Å². The standard InChI is InChI=1S/C24H23N3O5S/c1-15-6-5-7-16(12-15)23(28)25-19-13-20-21(27(3)24(29)26(20)2)14-22(19)33(30,31)18-10-8-17(32-4)9-11-18/h5-14H,1-4H3,(H,25,28). The van der Waals surface area contributed by atoms with E-state index in [2.05, 4.69) is 5.32 Å². The van der Waals surface area contributed by atoms with Crippen LogP contribution in [-0.2, 0) is 23.9 Å². The summed E-state index contributed by atoms with van der Waals surface area (Å²) in [5, 5.41) is 2.73. The van der Waals surface area contributed by atoms with Gasteiger partial charge in [0.1, 0.15) is 5.75 Å². The fraction of sp³-hybridized carbons (Fsp3) is 0.167. The summed E-state index contributed by atoms with van der Waals surface area (Å²) in [4.78, 5) is 25.3. The maximum atomic E-state index is 13.6. The van der Waals surface area contributed by atoms with E-state index in [-0.39, 0.29) is 21.2 Å². The monoisotopic (exact) mass is 465 g/mol. The maximum Gasteiger partial charge on any atom is 0.328 e. The molecule has 0 bridgehead atoms. The molecule has 0 unspecified atom stereocenters. The van der Waals surface area contributed by atoms with Crippen molar-refractivity contribution in [2.45, 2.75) is 16.7 Å². The van der Waals surface area contributed by atoms with E-state index in [1.165, 1.54) is 40.5 Å². The summed E-state index contributed by atoms with van der Waals surface area (Å²) in [6, 6.07) is 15.9. The minimum absolute atomic E-state index is 0.0367. The van der Waals surface area contributed by atoms with Crippen LogP contribution in [0, 0.1) is 6.92 Å². The van der Waals surface area contributed by atoms with E-state index in [1.807, 2.05) is 13.0 Å². The lowest BCUT2D eigenvalue weighted by atomic mass is 10.1. The number of rotatable bonds is 5. The molecule has 0 fully saturated rings. The Morgan fingerprint density at radius 1 is 0.939 bits per heavy atom. The Bertz CT molecular complexity index is 1550. The van der Waals surface area contributed by atoms with Gasteiger partial charge < -0.3 is 10.1 Å². The number of aromatic nitrogens is 2. The number of amides is 1. The van der Waals surface area contributed by atoms with Gasteiger partial charge in [-0.25, -0.2) is 13.2 Å². The Morgan fingerprint density at radius 3 is 2.18 bits per heavy atom. The van der Waals surface area contributed by atoms with Gasteiger partial charge in [0.05, 0.1) is 33.6 Å². The van der Waals surface area contributed by atoms with E-state index >= 15 is 0 Å². The predicted molar refractivity (Wildman–Crippen MR) is 126 cm³/mol. The Labute approximate surface area is 191 Å². The molecule has 0 aliphatic carbocycles. The zero-order valence-corrected chi connectivity index (χ0v) is 19.4. The number of sulfone groups is 1. The van der Waals surface area contributed by atoms with Crippen molar-refractivity contribution in [1.29, 1.82) is 0 Å². The number of carbonyl (C=O) groups is 1. The number of carbonyl (C=O) groups excluding carboxylic acids is 1. The van der Waals surface area contributed by atoms with Crippen LogP contribution in [0.25, 0.3) is 11.0 Å². The third-order valence-electron chi connectivity index (χ3n) is 5.56. The molecule has 9 heteroatoms. The van der Waals surface area contributed by atoms with E-state index < -0.39 is 15.7 Å². The van der Waals surface area contributed by atoms with Gasteiger partial charge in [0, 0.05) is 19.7 Å². The largest absolute Gasteiger partial charge is 0.497 e. The number of nitrogens with one attached hydrogen (secondary N) is 1. The van der Waals surface area contributed by atoms with Crippen molar-refractivity contribution in [1.82, 2.24) is 9.13 Å². The number of hydrogen-bond donors (Lipinski definition) is 1. The zero-order chi connectivity index (χ0) is 23.9. The second-order valence-corrected chi connectivity index (χ2v) is 9.66. The fourth-order valence-corrected chi connectivity index (χ4v) is 5.12. The van der Waals surface area contributed by atoms with Gasteiger partial charge >= 0.3 is 5.69 Å². The highest BCUT2D eigenvalue weighted by Gasteiger charge is 2.25. The Morgan fingerprint density at radius 2 is 1.58 bits per heavy atom. The molecule has 4 aromatic rings. The molecule has 170 valence electrons. The molecule has 33 heavy (non-hydrogen) atoms. The summed E-state index contributed by atoms with van der Waals surface area (Å²) in [6.45, 7) is 1.86. The Balaban J connectivity index is 1.92. The first-order chi connectivity index (χ1) is 15.6. The van der Waals surface area contributed by atoms with E-state index in [0.717, 1.165) is 5.56 Å². The molecule has 8 nitrogen and oxygen atoms in total. The minimum atomic E-state index is -4.04. The molecular weight excluding hydrogens is 442 g/mol. The number of benzene rings is 3. The second-order valence-electron chi connectivity index (χ2n) is 7.74. The highest BCUT2D eigenvalue weighted by atomic mass is 32.2. The first-order valence-corrected chi connectivity index (χ1v) is 11.6. The molecule has 0 radical (unpaired) electrons. The minimum Gasteiger partial charge on any atom is -0.497 e. The van der Waals surface area contributed by atoms with E-state index in [0.29, 0.717) is 22.3 Å². The van der Waals surface area contributed by atoms with E-state index in [4.69, 9.17) is 4.74 Å². The van der Waals surface area contributed by atoms with Gasteiger partial charge in [-0.15, -0.1) is 0 Å². The molecule has 1 heterocycles. The quantitative estimate of drug-likeness (QED) is 0.488. The van der Waals surface area contributed by atoms with Crippen molar-refractivity contribution in [3.8, 4) is 5.75 Å². The van der Waals surface area contributed by atoms with Crippen molar-refractivity contribution in [2.24, 2.45) is 14.1 Å². The number of aryl methyl sites for hydroxylation is 3. The second kappa shape index (κ2) is 8.25. The number of methoxy groups -OCH3 is 1. The normalized spacial score (nSPS) is 11.5. The zero-order valence-electron chi connectivity index (χ0n) is 18.6. The molecule has 1 N–H and O–H groups in total. The van der Waals surface area contributed by atoms with E-state index in [9.17, 15) is 18.0 Å². The summed E-state index contributed by atoms with van der Waals surface area (Å²) < 4.78 is 35.1. The first-order valence-electron chi connectivity index (χ1n) is 10.1. The van der Waals surface area contributed by atoms with Gasteiger partial charge in [0.2, 0.25) is 9.84 Å². The summed E-state index contributed by atoms with van der Waals surface area (Å²) in [5.41, 5.74) is 2.00. The Hall–Kier alpha value is -3.85. The van der Waals surface area contributed by atoms with Gasteiger partial charge in [-0.2, -0.15) is 0 Å². The maximum absolute atomic E-state index is 13.6. The average Bonchev–Trinajstić information content (AvgIpc) is 3.02. The lowest BCUT2D eigenvalue weighted by Crippen LogP contribution is -2.19. The molecule has 0 aliphatic heterocycles. The number of hydrogen-bond acceptors (Lipinski definition) is 5. The molecule has 0 saturated heterocycles. The fourth-order valence-electron chi connectivity index (χ4n) is 3.71. The smallest absolute Gasteiger partial charge is 0.328 e. The number of fused-ring (bicyclic) bond motifs is 1. The average molecular weight is 466 g/mol. The highest BCUT2D eigenvalue weighted by molar-refractivity contribution is 7.91. The summed E-state index contributed by atoms with van der Waals surface area (Å²) >= 11 is 0. The van der Waals surface area contributed by atoms with Gasteiger partial charge in [-0.3, -0.25) is 13.9 Å². The summed E-state index contributed by atoms with van der Waals surface area (Å²) in [7, 11) is 0.616. The number of anilines is 1. The molecule has 0 aliphatic rings. The lowest BCUT2D eigenvalue weighted by Gasteiger charge is -2.14. The van der Waals surface area contributed by atoms with Crippen LogP contribution >= 0.6 is 0 Å². The van der Waals surface area contributed by atoms with E-state index in [1.54, 1.807) is 44.4 Å². The molecule has 1 amide bonds. The molecule has 0 spiro atoms. The highest BCUT2D eigenvalue weighted by Crippen LogP contribution is 2.32. The Kier molecular flexibility index (Phi) is 5.59. The molecular formula is C24H23N3O5S. The topological polar surface area (TPSA) is 99.4 Å². The van der Waals surface area contributed by atoms with Crippen molar-refractivity contribution in [3.63, 3.8) is 0 Å². The first kappa shape index (κ1) is 22.3. The van der Waals surface area contributed by atoms with Crippen LogP contribution in [0.4, 0.5) is 5.69 Å². The van der Waals surface area contributed by atoms with Gasteiger partial charge in [0.25, 0.3) is 5.91 Å². The van der Waals surface area contributed by atoms with Crippen LogP contribution in [-0.4, -0.2) is 30.6 Å². The van der Waals surface area contributed by atoms with Gasteiger partial charge in [-0.1, -0.05) is 17.7 Å². The predicted octanol–water partition coefficient (Wildman–Crippen LogP) is 3.28. The van der Waals surface area contributed by atoms with Crippen LogP contribution < -0.4 is 15.7 Å². The van der Waals surface area contributed by atoms with Crippen molar-refractivity contribution in [2.75, 3.05) is 12.4 Å². The molecule has 0 atom stereocenters. The van der Waals surface area contributed by atoms with Crippen molar-refractivity contribution in [3.05, 3.63) is 82.3 Å².